The number of hydrogen-bond acceptors (Lipinski definition) is 4. The molecule has 1 aromatic rings. The minimum atomic E-state index is -3.41. The van der Waals surface area contributed by atoms with Gasteiger partial charge in [-0.2, -0.15) is 4.31 Å². The third-order valence-electron chi connectivity index (χ3n) is 5.96. The first-order valence-corrected chi connectivity index (χ1v) is 12.7. The molecule has 2 aliphatic rings. The van der Waals surface area contributed by atoms with Crippen molar-refractivity contribution in [1.29, 1.82) is 0 Å². The van der Waals surface area contributed by atoms with Crippen LogP contribution in [0.25, 0.3) is 0 Å². The van der Waals surface area contributed by atoms with Crippen LogP contribution >= 0.6 is 0 Å². The van der Waals surface area contributed by atoms with Crippen LogP contribution in [0.2, 0.25) is 0 Å². The molecule has 0 aromatic heterocycles. The molecular weight excluding hydrogens is 402 g/mol. The Morgan fingerprint density at radius 1 is 1.07 bits per heavy atom. The van der Waals surface area contributed by atoms with Crippen molar-refractivity contribution in [3.63, 3.8) is 0 Å². The number of hydrogen-bond donors (Lipinski definition) is 2. The molecule has 30 heavy (non-hydrogen) atoms. The van der Waals surface area contributed by atoms with Gasteiger partial charge in [0, 0.05) is 24.7 Å². The van der Waals surface area contributed by atoms with Crippen molar-refractivity contribution in [3.8, 4) is 0 Å². The molecule has 2 fully saturated rings. The molecule has 0 spiro atoms. The molecule has 1 aliphatic heterocycles. The van der Waals surface area contributed by atoms with Gasteiger partial charge in [0.25, 0.3) is 0 Å². The maximum absolute atomic E-state index is 12.8. The molecule has 1 saturated heterocycles. The number of rotatable bonds is 8. The van der Waals surface area contributed by atoms with Crippen molar-refractivity contribution in [2.45, 2.75) is 70.9 Å². The molecule has 0 bridgehead atoms. The van der Waals surface area contributed by atoms with Crippen molar-refractivity contribution in [1.82, 2.24) is 9.62 Å². The molecule has 2 amide bonds. The normalized spacial score (nSPS) is 20.8. The van der Waals surface area contributed by atoms with E-state index in [4.69, 9.17) is 0 Å². The molecule has 7 nitrogen and oxygen atoms in total. The smallest absolute Gasteiger partial charge is 0.238 e. The third kappa shape index (κ3) is 5.82. The molecule has 1 heterocycles. The number of anilines is 1. The summed E-state index contributed by atoms with van der Waals surface area (Å²) in [7, 11) is -3.41. The average Bonchev–Trinajstić information content (AvgIpc) is 3.27. The third-order valence-corrected chi connectivity index (χ3v) is 8.04. The van der Waals surface area contributed by atoms with E-state index in [0.29, 0.717) is 25.9 Å². The van der Waals surface area contributed by atoms with Crippen LogP contribution in [-0.4, -0.2) is 42.9 Å². The predicted molar refractivity (Wildman–Crippen MR) is 117 cm³/mol. The number of carbonyl (C=O) groups is 2. The summed E-state index contributed by atoms with van der Waals surface area (Å²) in [5.41, 5.74) is 1.59. The SMILES string of the molecule is CCCS(=O)(=O)N1CCCCC1C(=O)NCc1cccc(NC(=O)C2CCCC2)c1. The van der Waals surface area contributed by atoms with Gasteiger partial charge in [-0.3, -0.25) is 9.59 Å². The quantitative estimate of drug-likeness (QED) is 0.656. The van der Waals surface area contributed by atoms with Gasteiger partial charge in [-0.15, -0.1) is 0 Å². The Kier molecular flexibility index (Phi) is 7.88. The molecule has 166 valence electrons. The summed E-state index contributed by atoms with van der Waals surface area (Å²) >= 11 is 0. The minimum absolute atomic E-state index is 0.0627. The zero-order chi connectivity index (χ0) is 21.6. The van der Waals surface area contributed by atoms with Crippen LogP contribution in [0.3, 0.4) is 0 Å². The van der Waals surface area contributed by atoms with Crippen molar-refractivity contribution in [2.75, 3.05) is 17.6 Å². The number of benzene rings is 1. The summed E-state index contributed by atoms with van der Waals surface area (Å²) in [4.78, 5) is 25.1. The molecule has 2 N–H and O–H groups in total. The molecule has 1 atom stereocenters. The lowest BCUT2D eigenvalue weighted by Crippen LogP contribution is -2.52. The summed E-state index contributed by atoms with van der Waals surface area (Å²) in [5, 5.41) is 5.87. The van der Waals surface area contributed by atoms with Crippen molar-refractivity contribution >= 4 is 27.5 Å². The molecule has 1 aliphatic carbocycles. The second-order valence-electron chi connectivity index (χ2n) is 8.33. The fourth-order valence-corrected chi connectivity index (χ4v) is 6.12. The van der Waals surface area contributed by atoms with Gasteiger partial charge in [0.2, 0.25) is 21.8 Å². The van der Waals surface area contributed by atoms with Crippen LogP contribution in [0.4, 0.5) is 5.69 Å². The monoisotopic (exact) mass is 435 g/mol. The van der Waals surface area contributed by atoms with Crippen LogP contribution in [-0.2, 0) is 26.2 Å². The van der Waals surface area contributed by atoms with Gasteiger partial charge >= 0.3 is 0 Å². The van der Waals surface area contributed by atoms with Crippen LogP contribution < -0.4 is 10.6 Å². The molecule has 3 rings (SSSR count). The Bertz CT molecular complexity index is 850. The molecule has 1 saturated carbocycles. The Balaban J connectivity index is 1.59. The maximum atomic E-state index is 12.8. The van der Waals surface area contributed by atoms with Gasteiger partial charge in [-0.1, -0.05) is 38.3 Å². The van der Waals surface area contributed by atoms with Crippen LogP contribution in [0.1, 0.15) is 63.9 Å². The lowest BCUT2D eigenvalue weighted by Gasteiger charge is -2.33. The predicted octanol–water partition coefficient (Wildman–Crippen LogP) is 3.03. The first-order valence-electron chi connectivity index (χ1n) is 11.1. The van der Waals surface area contributed by atoms with E-state index < -0.39 is 16.1 Å². The van der Waals surface area contributed by atoms with E-state index in [-0.39, 0.29) is 23.5 Å². The molecular formula is C22H33N3O4S. The lowest BCUT2D eigenvalue weighted by atomic mass is 10.0. The zero-order valence-corrected chi connectivity index (χ0v) is 18.5. The highest BCUT2D eigenvalue weighted by molar-refractivity contribution is 7.89. The van der Waals surface area contributed by atoms with Crippen LogP contribution in [0.15, 0.2) is 24.3 Å². The highest BCUT2D eigenvalue weighted by Crippen LogP contribution is 2.26. The number of sulfonamides is 1. The van der Waals surface area contributed by atoms with Crippen LogP contribution in [0.5, 0.6) is 0 Å². The summed E-state index contributed by atoms with van der Waals surface area (Å²) in [6.07, 6.45) is 6.82. The molecule has 1 unspecified atom stereocenters. The first kappa shape index (κ1) is 22.7. The fourth-order valence-electron chi connectivity index (χ4n) is 4.37. The number of piperidine rings is 1. The number of carbonyl (C=O) groups excluding carboxylic acids is 2. The summed E-state index contributed by atoms with van der Waals surface area (Å²) in [6.45, 7) is 2.53. The van der Waals surface area contributed by atoms with Crippen molar-refractivity contribution < 1.29 is 18.0 Å². The van der Waals surface area contributed by atoms with Gasteiger partial charge in [-0.25, -0.2) is 8.42 Å². The Morgan fingerprint density at radius 3 is 2.53 bits per heavy atom. The molecule has 8 heteroatoms. The zero-order valence-electron chi connectivity index (χ0n) is 17.7. The summed E-state index contributed by atoms with van der Waals surface area (Å²) in [5.74, 6) is -0.0300. The topological polar surface area (TPSA) is 95.6 Å². The van der Waals surface area contributed by atoms with E-state index in [1.165, 1.54) is 4.31 Å². The minimum Gasteiger partial charge on any atom is -0.351 e. The molecule has 0 radical (unpaired) electrons. The molecule has 1 aromatic carbocycles. The largest absolute Gasteiger partial charge is 0.351 e. The van der Waals surface area contributed by atoms with Gasteiger partial charge in [0.1, 0.15) is 6.04 Å². The second kappa shape index (κ2) is 10.4. The van der Waals surface area contributed by atoms with Gasteiger partial charge in [-0.05, 0) is 49.8 Å². The van der Waals surface area contributed by atoms with E-state index in [0.717, 1.165) is 49.8 Å². The Morgan fingerprint density at radius 2 is 1.80 bits per heavy atom. The Labute approximate surface area is 179 Å². The summed E-state index contributed by atoms with van der Waals surface area (Å²) in [6, 6.07) is 6.81. The lowest BCUT2D eigenvalue weighted by molar-refractivity contribution is -0.125. The van der Waals surface area contributed by atoms with Crippen molar-refractivity contribution in [2.24, 2.45) is 5.92 Å². The van der Waals surface area contributed by atoms with Gasteiger partial charge in [0.05, 0.1) is 5.75 Å². The summed E-state index contributed by atoms with van der Waals surface area (Å²) < 4.78 is 26.5. The van der Waals surface area contributed by atoms with Gasteiger partial charge < -0.3 is 10.6 Å². The second-order valence-corrected chi connectivity index (χ2v) is 10.4. The standard InChI is InChI=1S/C22H33N3O4S/c1-2-14-30(28,29)25-13-6-5-12-20(25)22(27)23-16-17-8-7-11-19(15-17)24-21(26)18-9-3-4-10-18/h7-8,11,15,18,20H,2-6,9-10,12-14,16H2,1H3,(H,23,27)(H,24,26). The van der Waals surface area contributed by atoms with E-state index in [9.17, 15) is 18.0 Å². The highest BCUT2D eigenvalue weighted by Gasteiger charge is 2.36. The van der Waals surface area contributed by atoms with E-state index in [1.54, 1.807) is 0 Å². The maximum Gasteiger partial charge on any atom is 0.238 e. The fraction of sp³-hybridized carbons (Fsp3) is 0.636. The van der Waals surface area contributed by atoms with E-state index in [1.807, 2.05) is 31.2 Å². The number of nitrogens with zero attached hydrogens (tertiary/aromatic N) is 1. The van der Waals surface area contributed by atoms with Crippen molar-refractivity contribution in [3.05, 3.63) is 29.8 Å². The average molecular weight is 436 g/mol. The number of amides is 2. The van der Waals surface area contributed by atoms with E-state index >= 15 is 0 Å². The van der Waals surface area contributed by atoms with E-state index in [2.05, 4.69) is 10.6 Å². The number of nitrogens with one attached hydrogen (secondary N) is 2. The highest BCUT2D eigenvalue weighted by atomic mass is 32.2. The Hall–Kier alpha value is -1.93. The van der Waals surface area contributed by atoms with Crippen LogP contribution in [0, 0.1) is 5.92 Å². The van der Waals surface area contributed by atoms with Gasteiger partial charge in [0.15, 0.2) is 0 Å². The first-order chi connectivity index (χ1) is 14.4.